The summed E-state index contributed by atoms with van der Waals surface area (Å²) < 4.78 is 0. The van der Waals surface area contributed by atoms with Gasteiger partial charge in [0, 0.05) is 10.4 Å². The van der Waals surface area contributed by atoms with Crippen LogP contribution in [0.4, 0.5) is 9.80 Å². The molecule has 0 aliphatic heterocycles. The minimum Gasteiger partial charge on any atom is -0.478 e. The number of rotatable bonds is 4. The first kappa shape index (κ1) is 15.5. The molecule has 0 aliphatic rings. The third-order valence-electron chi connectivity index (χ3n) is 3.16. The second-order valence-electron chi connectivity index (χ2n) is 5.11. The van der Waals surface area contributed by atoms with E-state index in [1.807, 2.05) is 27.7 Å². The van der Waals surface area contributed by atoms with Gasteiger partial charge in [0.15, 0.2) is 0 Å². The van der Waals surface area contributed by atoms with Crippen LogP contribution < -0.4 is 10.6 Å². The number of carboxylic acid groups (broad SMARTS) is 1. The standard InChI is InChI=1S/C13H20N2O3S/c1-6-13(4,5)15-12(18)14-10-9(11(16)17)7(2)8(3)19-10/h6H2,1-5H3,(H,16,17)(H2,14,15,18). The molecule has 0 aliphatic carbocycles. The van der Waals surface area contributed by atoms with Crippen LogP contribution in [0.5, 0.6) is 0 Å². The number of urea groups is 1. The highest BCUT2D eigenvalue weighted by Gasteiger charge is 2.22. The second-order valence-corrected chi connectivity index (χ2v) is 6.33. The van der Waals surface area contributed by atoms with Crippen LogP contribution in [0, 0.1) is 13.8 Å². The lowest BCUT2D eigenvalue weighted by Gasteiger charge is -2.24. The number of thiophene rings is 1. The molecular formula is C13H20N2O3S. The van der Waals surface area contributed by atoms with E-state index in [1.54, 1.807) is 6.92 Å². The predicted octanol–water partition coefficient (Wildman–Crippen LogP) is 3.37. The zero-order chi connectivity index (χ0) is 14.8. The maximum atomic E-state index is 11.9. The van der Waals surface area contributed by atoms with Gasteiger partial charge in [-0.25, -0.2) is 9.59 Å². The van der Waals surface area contributed by atoms with Gasteiger partial charge in [0.05, 0.1) is 5.56 Å². The molecule has 5 nitrogen and oxygen atoms in total. The summed E-state index contributed by atoms with van der Waals surface area (Å²) in [7, 11) is 0. The molecule has 0 spiro atoms. The molecule has 0 aromatic carbocycles. The fourth-order valence-corrected chi connectivity index (χ4v) is 2.55. The molecule has 1 aromatic rings. The number of nitrogens with one attached hydrogen (secondary N) is 2. The highest BCUT2D eigenvalue weighted by molar-refractivity contribution is 7.16. The number of anilines is 1. The van der Waals surface area contributed by atoms with E-state index < -0.39 is 5.97 Å². The Morgan fingerprint density at radius 1 is 1.32 bits per heavy atom. The molecule has 1 aromatic heterocycles. The Morgan fingerprint density at radius 2 is 1.89 bits per heavy atom. The van der Waals surface area contributed by atoms with Crippen molar-refractivity contribution in [2.45, 2.75) is 46.6 Å². The minimum absolute atomic E-state index is 0.173. The van der Waals surface area contributed by atoms with Crippen LogP contribution in [0.2, 0.25) is 0 Å². The highest BCUT2D eigenvalue weighted by Crippen LogP contribution is 2.32. The van der Waals surface area contributed by atoms with Crippen molar-refractivity contribution >= 4 is 28.3 Å². The molecule has 0 radical (unpaired) electrons. The summed E-state index contributed by atoms with van der Waals surface area (Å²) in [5.74, 6) is -1.02. The van der Waals surface area contributed by atoms with Crippen LogP contribution in [0.1, 0.15) is 48.0 Å². The monoisotopic (exact) mass is 284 g/mol. The molecule has 0 bridgehead atoms. The smallest absolute Gasteiger partial charge is 0.338 e. The van der Waals surface area contributed by atoms with Crippen molar-refractivity contribution < 1.29 is 14.7 Å². The van der Waals surface area contributed by atoms with Gasteiger partial charge in [-0.3, -0.25) is 5.32 Å². The van der Waals surface area contributed by atoms with E-state index in [0.717, 1.165) is 11.3 Å². The molecule has 0 fully saturated rings. The van der Waals surface area contributed by atoms with Crippen molar-refractivity contribution in [1.29, 1.82) is 0 Å². The van der Waals surface area contributed by atoms with E-state index in [4.69, 9.17) is 0 Å². The minimum atomic E-state index is -1.02. The Morgan fingerprint density at radius 3 is 2.37 bits per heavy atom. The Balaban J connectivity index is 2.92. The fourth-order valence-electron chi connectivity index (χ4n) is 1.50. The van der Waals surface area contributed by atoms with Gasteiger partial charge in [-0.15, -0.1) is 11.3 Å². The van der Waals surface area contributed by atoms with E-state index in [1.165, 1.54) is 11.3 Å². The van der Waals surface area contributed by atoms with Gasteiger partial charge >= 0.3 is 12.0 Å². The van der Waals surface area contributed by atoms with Crippen molar-refractivity contribution in [2.24, 2.45) is 0 Å². The summed E-state index contributed by atoms with van der Waals surface area (Å²) in [6.07, 6.45) is 0.786. The summed E-state index contributed by atoms with van der Waals surface area (Å²) in [5.41, 5.74) is 0.545. The number of aryl methyl sites for hydroxylation is 1. The Bertz CT molecular complexity index is 506. The molecule has 1 heterocycles. The average molecular weight is 284 g/mol. The van der Waals surface area contributed by atoms with E-state index in [-0.39, 0.29) is 17.1 Å². The van der Waals surface area contributed by atoms with Crippen LogP contribution in [0.15, 0.2) is 0 Å². The number of hydrogen-bond acceptors (Lipinski definition) is 3. The molecule has 1 rings (SSSR count). The summed E-state index contributed by atoms with van der Waals surface area (Å²) in [6.45, 7) is 9.38. The highest BCUT2D eigenvalue weighted by atomic mass is 32.1. The number of carboxylic acids is 1. The number of amides is 2. The first-order valence-electron chi connectivity index (χ1n) is 6.10. The van der Waals surface area contributed by atoms with Crippen LogP contribution in [0.3, 0.4) is 0 Å². The van der Waals surface area contributed by atoms with E-state index in [2.05, 4.69) is 10.6 Å². The van der Waals surface area contributed by atoms with Gasteiger partial charge in [0.25, 0.3) is 0 Å². The van der Waals surface area contributed by atoms with E-state index in [9.17, 15) is 14.7 Å². The van der Waals surface area contributed by atoms with Gasteiger partial charge in [-0.1, -0.05) is 6.92 Å². The molecule has 19 heavy (non-hydrogen) atoms. The first-order chi connectivity index (χ1) is 8.68. The maximum Gasteiger partial charge on any atom is 0.338 e. The van der Waals surface area contributed by atoms with Crippen LogP contribution in [-0.2, 0) is 0 Å². The number of hydrogen-bond donors (Lipinski definition) is 3. The lowest BCUT2D eigenvalue weighted by Crippen LogP contribution is -2.45. The summed E-state index contributed by atoms with van der Waals surface area (Å²) in [4.78, 5) is 24.0. The van der Waals surface area contributed by atoms with Crippen molar-refractivity contribution in [2.75, 3.05) is 5.32 Å². The zero-order valence-corrected chi connectivity index (χ0v) is 12.7. The van der Waals surface area contributed by atoms with Crippen molar-refractivity contribution in [3.05, 3.63) is 16.0 Å². The molecule has 0 saturated heterocycles. The molecule has 0 saturated carbocycles. The second kappa shape index (κ2) is 5.61. The van der Waals surface area contributed by atoms with Crippen LogP contribution in [-0.4, -0.2) is 22.6 Å². The lowest BCUT2D eigenvalue weighted by molar-refractivity contribution is 0.0697. The molecule has 0 unspecified atom stereocenters. The number of carbonyl (C=O) groups is 2. The maximum absolute atomic E-state index is 11.9. The van der Waals surface area contributed by atoms with Gasteiger partial charge < -0.3 is 10.4 Å². The summed E-state index contributed by atoms with van der Waals surface area (Å²) in [6, 6.07) is -0.379. The molecule has 6 heteroatoms. The quantitative estimate of drug-likeness (QED) is 0.793. The van der Waals surface area contributed by atoms with Gasteiger partial charge in [-0.2, -0.15) is 0 Å². The molecular weight excluding hydrogens is 264 g/mol. The van der Waals surface area contributed by atoms with Gasteiger partial charge in [0.2, 0.25) is 0 Å². The molecule has 0 atom stereocenters. The topological polar surface area (TPSA) is 78.4 Å². The summed E-state index contributed by atoms with van der Waals surface area (Å²) >= 11 is 1.28. The fraction of sp³-hybridized carbons (Fsp3) is 0.538. The SMILES string of the molecule is CCC(C)(C)NC(=O)Nc1sc(C)c(C)c1C(=O)O. The largest absolute Gasteiger partial charge is 0.478 e. The van der Waals surface area contributed by atoms with Crippen molar-refractivity contribution in [1.82, 2.24) is 5.32 Å². The lowest BCUT2D eigenvalue weighted by atomic mass is 10.0. The summed E-state index contributed by atoms with van der Waals surface area (Å²) in [5, 5.41) is 15.0. The average Bonchev–Trinajstić information content (AvgIpc) is 2.53. The third kappa shape index (κ3) is 3.70. The van der Waals surface area contributed by atoms with E-state index >= 15 is 0 Å². The Labute approximate surface area is 117 Å². The van der Waals surface area contributed by atoms with Crippen LogP contribution in [0.25, 0.3) is 0 Å². The normalized spacial score (nSPS) is 11.2. The van der Waals surface area contributed by atoms with E-state index in [0.29, 0.717) is 10.6 Å². The molecule has 2 amide bonds. The molecule has 106 valence electrons. The zero-order valence-electron chi connectivity index (χ0n) is 11.9. The number of carbonyl (C=O) groups excluding carboxylic acids is 1. The van der Waals surface area contributed by atoms with Crippen LogP contribution >= 0.6 is 11.3 Å². The molecule has 3 N–H and O–H groups in total. The van der Waals surface area contributed by atoms with Crippen molar-refractivity contribution in [3.8, 4) is 0 Å². The Kier molecular flexibility index (Phi) is 4.57. The van der Waals surface area contributed by atoms with Gasteiger partial charge in [0.1, 0.15) is 5.00 Å². The Hall–Kier alpha value is -1.56. The predicted molar refractivity (Wildman–Crippen MR) is 77.3 cm³/mol. The third-order valence-corrected chi connectivity index (χ3v) is 4.28. The van der Waals surface area contributed by atoms with Crippen molar-refractivity contribution in [3.63, 3.8) is 0 Å². The number of aromatic carboxylic acids is 1. The first-order valence-corrected chi connectivity index (χ1v) is 6.92. The van der Waals surface area contributed by atoms with Gasteiger partial charge in [-0.05, 0) is 39.7 Å².